The molecule has 1 aliphatic heterocycles. The van der Waals surface area contributed by atoms with Gasteiger partial charge in [-0.15, -0.1) is 0 Å². The number of anilines is 1. The third kappa shape index (κ3) is 4.14. The van der Waals surface area contributed by atoms with Crippen molar-refractivity contribution < 1.29 is 18.3 Å². The standard InChI is InChI=1S/C13H15BrF2N2O2/c14-12-10(16)5-9(15)6-11(12)18-13(19)17-7-8-1-3-20-4-2-8/h5-6,8H,1-4,7H2,(H2,17,18,19). The summed E-state index contributed by atoms with van der Waals surface area (Å²) >= 11 is 2.97. The molecule has 0 aliphatic carbocycles. The quantitative estimate of drug-likeness (QED) is 0.823. The van der Waals surface area contributed by atoms with Crippen LogP contribution in [-0.4, -0.2) is 25.8 Å². The summed E-state index contributed by atoms with van der Waals surface area (Å²) in [4.78, 5) is 11.7. The van der Waals surface area contributed by atoms with Crippen molar-refractivity contribution in [3.63, 3.8) is 0 Å². The SMILES string of the molecule is O=C(NCC1CCOCC1)Nc1cc(F)cc(F)c1Br. The van der Waals surface area contributed by atoms with Crippen molar-refractivity contribution in [2.75, 3.05) is 25.1 Å². The van der Waals surface area contributed by atoms with E-state index in [1.54, 1.807) is 0 Å². The lowest BCUT2D eigenvalue weighted by atomic mass is 10.0. The molecule has 2 N–H and O–H groups in total. The van der Waals surface area contributed by atoms with Gasteiger partial charge in [0.15, 0.2) is 0 Å². The van der Waals surface area contributed by atoms with Crippen LogP contribution in [-0.2, 0) is 4.74 Å². The fourth-order valence-corrected chi connectivity index (χ4v) is 2.33. The van der Waals surface area contributed by atoms with Crippen LogP contribution < -0.4 is 10.6 Å². The van der Waals surface area contributed by atoms with Crippen molar-refractivity contribution in [2.45, 2.75) is 12.8 Å². The van der Waals surface area contributed by atoms with Crippen LogP contribution in [0.25, 0.3) is 0 Å². The number of ether oxygens (including phenoxy) is 1. The molecule has 110 valence electrons. The number of carbonyl (C=O) groups is 1. The van der Waals surface area contributed by atoms with Crippen LogP contribution in [0.15, 0.2) is 16.6 Å². The first kappa shape index (κ1) is 15.2. The Morgan fingerprint density at radius 2 is 2.05 bits per heavy atom. The minimum atomic E-state index is -0.760. The zero-order chi connectivity index (χ0) is 14.5. The topological polar surface area (TPSA) is 50.4 Å². The van der Waals surface area contributed by atoms with Crippen molar-refractivity contribution in [3.8, 4) is 0 Å². The normalized spacial score (nSPS) is 15.9. The van der Waals surface area contributed by atoms with Gasteiger partial charge in [0.2, 0.25) is 0 Å². The van der Waals surface area contributed by atoms with Gasteiger partial charge in [0.1, 0.15) is 11.6 Å². The minimum Gasteiger partial charge on any atom is -0.381 e. The Balaban J connectivity index is 1.88. The van der Waals surface area contributed by atoms with Gasteiger partial charge in [-0.05, 0) is 40.8 Å². The molecule has 1 aromatic rings. The molecule has 1 fully saturated rings. The van der Waals surface area contributed by atoms with E-state index in [0.717, 1.165) is 25.0 Å². The molecule has 2 amide bonds. The summed E-state index contributed by atoms with van der Waals surface area (Å²) in [6.07, 6.45) is 1.80. The number of urea groups is 1. The summed E-state index contributed by atoms with van der Waals surface area (Å²) in [6, 6.07) is 1.32. The third-order valence-corrected chi connectivity index (χ3v) is 3.94. The Bertz CT molecular complexity index is 494. The second kappa shape index (κ2) is 6.99. The largest absolute Gasteiger partial charge is 0.381 e. The van der Waals surface area contributed by atoms with Gasteiger partial charge in [-0.25, -0.2) is 13.6 Å². The second-order valence-electron chi connectivity index (χ2n) is 4.64. The Morgan fingerprint density at radius 3 is 2.75 bits per heavy atom. The number of hydrogen-bond donors (Lipinski definition) is 2. The third-order valence-electron chi connectivity index (χ3n) is 3.13. The van der Waals surface area contributed by atoms with E-state index in [2.05, 4.69) is 26.6 Å². The molecule has 0 unspecified atom stereocenters. The number of amides is 2. The predicted octanol–water partition coefficient (Wildman–Crippen LogP) is 3.28. The van der Waals surface area contributed by atoms with Gasteiger partial charge < -0.3 is 15.4 Å². The molecule has 1 aliphatic rings. The fourth-order valence-electron chi connectivity index (χ4n) is 2.00. The van der Waals surface area contributed by atoms with Gasteiger partial charge in [-0.1, -0.05) is 0 Å². The molecule has 0 spiro atoms. The predicted molar refractivity (Wildman–Crippen MR) is 74.6 cm³/mol. The van der Waals surface area contributed by atoms with E-state index in [0.29, 0.717) is 25.7 Å². The Kier molecular flexibility index (Phi) is 5.31. The summed E-state index contributed by atoms with van der Waals surface area (Å²) in [6.45, 7) is 1.92. The summed E-state index contributed by atoms with van der Waals surface area (Å²) in [5, 5.41) is 5.12. The van der Waals surface area contributed by atoms with Crippen molar-refractivity contribution in [3.05, 3.63) is 28.2 Å². The molecule has 0 bridgehead atoms. The fraction of sp³-hybridized carbons (Fsp3) is 0.462. The monoisotopic (exact) mass is 348 g/mol. The molecule has 0 atom stereocenters. The zero-order valence-corrected chi connectivity index (χ0v) is 12.3. The van der Waals surface area contributed by atoms with Gasteiger partial charge in [-0.3, -0.25) is 0 Å². The average molecular weight is 349 g/mol. The highest BCUT2D eigenvalue weighted by molar-refractivity contribution is 9.10. The smallest absolute Gasteiger partial charge is 0.319 e. The van der Waals surface area contributed by atoms with Gasteiger partial charge >= 0.3 is 6.03 Å². The zero-order valence-electron chi connectivity index (χ0n) is 10.7. The minimum absolute atomic E-state index is 0.0279. The van der Waals surface area contributed by atoms with Crippen molar-refractivity contribution in [1.82, 2.24) is 5.32 Å². The highest BCUT2D eigenvalue weighted by Crippen LogP contribution is 2.26. The van der Waals surface area contributed by atoms with E-state index in [-0.39, 0.29) is 10.2 Å². The molecule has 1 saturated heterocycles. The number of rotatable bonds is 3. The highest BCUT2D eigenvalue weighted by Gasteiger charge is 2.16. The van der Waals surface area contributed by atoms with Gasteiger partial charge in [0, 0.05) is 25.8 Å². The van der Waals surface area contributed by atoms with Crippen LogP contribution >= 0.6 is 15.9 Å². The molecule has 7 heteroatoms. The van der Waals surface area contributed by atoms with E-state index in [9.17, 15) is 13.6 Å². The summed E-state index contributed by atoms with van der Waals surface area (Å²) in [7, 11) is 0. The Morgan fingerprint density at radius 1 is 1.35 bits per heavy atom. The van der Waals surface area contributed by atoms with E-state index in [4.69, 9.17) is 4.74 Å². The van der Waals surface area contributed by atoms with Crippen LogP contribution in [0, 0.1) is 17.6 Å². The molecule has 0 aromatic heterocycles. The summed E-state index contributed by atoms with van der Waals surface area (Å²) < 4.78 is 31.6. The molecular formula is C13H15BrF2N2O2. The van der Waals surface area contributed by atoms with Gasteiger partial charge in [0.05, 0.1) is 10.2 Å². The van der Waals surface area contributed by atoms with Crippen molar-refractivity contribution >= 4 is 27.6 Å². The maximum Gasteiger partial charge on any atom is 0.319 e. The first-order valence-electron chi connectivity index (χ1n) is 6.33. The van der Waals surface area contributed by atoms with Crippen LogP contribution in [0.3, 0.4) is 0 Å². The number of carbonyl (C=O) groups excluding carboxylic acids is 1. The maximum atomic E-state index is 13.3. The maximum absolute atomic E-state index is 13.3. The molecular weight excluding hydrogens is 334 g/mol. The van der Waals surface area contributed by atoms with E-state index in [1.165, 1.54) is 0 Å². The molecule has 0 saturated carbocycles. The van der Waals surface area contributed by atoms with E-state index < -0.39 is 17.7 Å². The Hall–Kier alpha value is -1.21. The average Bonchev–Trinajstić information content (AvgIpc) is 2.43. The molecule has 1 aromatic carbocycles. The van der Waals surface area contributed by atoms with E-state index in [1.807, 2.05) is 0 Å². The van der Waals surface area contributed by atoms with Crippen molar-refractivity contribution in [1.29, 1.82) is 0 Å². The lowest BCUT2D eigenvalue weighted by Crippen LogP contribution is -2.35. The highest BCUT2D eigenvalue weighted by atomic mass is 79.9. The van der Waals surface area contributed by atoms with E-state index >= 15 is 0 Å². The number of halogens is 3. The van der Waals surface area contributed by atoms with Crippen LogP contribution in [0.2, 0.25) is 0 Å². The molecule has 20 heavy (non-hydrogen) atoms. The summed E-state index contributed by atoms with van der Waals surface area (Å²) in [5.41, 5.74) is 0.0620. The van der Waals surface area contributed by atoms with Crippen molar-refractivity contribution in [2.24, 2.45) is 5.92 Å². The van der Waals surface area contributed by atoms with Crippen LogP contribution in [0.1, 0.15) is 12.8 Å². The molecule has 1 heterocycles. The first-order chi connectivity index (χ1) is 9.56. The number of hydrogen-bond acceptors (Lipinski definition) is 2. The number of benzene rings is 1. The summed E-state index contributed by atoms with van der Waals surface area (Å²) in [5.74, 6) is -1.13. The lowest BCUT2D eigenvalue weighted by Gasteiger charge is -2.22. The Labute approximate surface area is 124 Å². The van der Waals surface area contributed by atoms with Crippen LogP contribution in [0.4, 0.5) is 19.3 Å². The van der Waals surface area contributed by atoms with Gasteiger partial charge in [-0.2, -0.15) is 0 Å². The molecule has 2 rings (SSSR count). The lowest BCUT2D eigenvalue weighted by molar-refractivity contribution is 0.0671. The number of nitrogens with one attached hydrogen (secondary N) is 2. The molecule has 0 radical (unpaired) electrons. The molecule has 4 nitrogen and oxygen atoms in total. The first-order valence-corrected chi connectivity index (χ1v) is 7.12. The van der Waals surface area contributed by atoms with Crippen LogP contribution in [0.5, 0.6) is 0 Å². The van der Waals surface area contributed by atoms with Gasteiger partial charge in [0.25, 0.3) is 0 Å². The second-order valence-corrected chi connectivity index (χ2v) is 5.43.